The highest BCUT2D eigenvalue weighted by atomic mass is 16.7. The summed E-state index contributed by atoms with van der Waals surface area (Å²) >= 11 is 0. The zero-order valence-electron chi connectivity index (χ0n) is 22.0. The number of ether oxygens (including phenoxy) is 1. The minimum absolute atomic E-state index is 0.0391. The number of oxime groups is 1. The summed E-state index contributed by atoms with van der Waals surface area (Å²) in [6.07, 6.45) is 1.70. The Morgan fingerprint density at radius 3 is 2.50 bits per heavy atom. The normalized spacial score (nSPS) is 18.3. The number of nitrogens with zero attached hydrogens (tertiary/aromatic N) is 4. The van der Waals surface area contributed by atoms with Crippen molar-refractivity contribution in [2.24, 2.45) is 10.9 Å². The highest BCUT2D eigenvalue weighted by Gasteiger charge is 2.33. The number of nitrogens with two attached hydrogens (primary N) is 1. The van der Waals surface area contributed by atoms with E-state index in [1.54, 1.807) is 34.1 Å². The quantitative estimate of drug-likeness (QED) is 0.1000. The molecule has 2 aliphatic rings. The van der Waals surface area contributed by atoms with Gasteiger partial charge in [-0.1, -0.05) is 18.5 Å². The maximum absolute atomic E-state index is 12.8. The number of nitrogens with one attached hydrogen (secondary N) is 2. The summed E-state index contributed by atoms with van der Waals surface area (Å²) in [6, 6.07) is 5.59. The van der Waals surface area contributed by atoms with Gasteiger partial charge >= 0.3 is 18.1 Å². The van der Waals surface area contributed by atoms with Crippen molar-refractivity contribution in [1.82, 2.24) is 20.4 Å². The minimum atomic E-state index is -0.674. The Hall–Kier alpha value is -3.87. The average molecular weight is 532 g/mol. The van der Waals surface area contributed by atoms with Crippen molar-refractivity contribution in [3.05, 3.63) is 29.8 Å². The summed E-state index contributed by atoms with van der Waals surface area (Å²) in [5.74, 6) is -0.573. The van der Waals surface area contributed by atoms with Crippen LogP contribution in [0.25, 0.3) is 0 Å². The standard InChI is InChI=1S/C25H37N7O6/c1-3-4-17-37-21(33)9-11-27-24(35)28-20-10-12-32(23(20)34)19-7-5-18(6-8-19)22(26)29-38-25(36)31-15-13-30(2)14-16-31/h5-8,20H,3-4,9-17H2,1-2H3,(H2,26,29)(H2,27,28,35)/t20-/m0/s1. The molecule has 1 atom stereocenters. The van der Waals surface area contributed by atoms with Crippen molar-refractivity contribution in [3.63, 3.8) is 0 Å². The minimum Gasteiger partial charge on any atom is -0.466 e. The SMILES string of the molecule is CCCCOC(=O)CCNC(=O)N[C@H]1CCN(c2ccc(/C(N)=N/OC(=O)N3CCN(C)CC3)cc2)C1=O. The number of rotatable bonds is 10. The van der Waals surface area contributed by atoms with Crippen LogP contribution in [0.5, 0.6) is 0 Å². The predicted octanol–water partition coefficient (Wildman–Crippen LogP) is 0.829. The summed E-state index contributed by atoms with van der Waals surface area (Å²) in [7, 11) is 1.99. The second-order valence-corrected chi connectivity index (χ2v) is 9.23. The summed E-state index contributed by atoms with van der Waals surface area (Å²) in [5, 5.41) is 8.99. The van der Waals surface area contributed by atoms with E-state index in [1.807, 2.05) is 14.0 Å². The fourth-order valence-electron chi connectivity index (χ4n) is 3.96. The summed E-state index contributed by atoms with van der Waals surface area (Å²) in [6.45, 7) is 5.59. The van der Waals surface area contributed by atoms with Crippen LogP contribution in [0.3, 0.4) is 0 Å². The third-order valence-corrected chi connectivity index (χ3v) is 6.34. The Kier molecular flexibility index (Phi) is 10.7. The van der Waals surface area contributed by atoms with E-state index in [9.17, 15) is 19.2 Å². The molecule has 3 rings (SSSR count). The first kappa shape index (κ1) is 28.7. The zero-order chi connectivity index (χ0) is 27.5. The topological polar surface area (TPSA) is 159 Å². The van der Waals surface area contributed by atoms with Gasteiger partial charge in [-0.3, -0.25) is 14.4 Å². The highest BCUT2D eigenvalue weighted by molar-refractivity contribution is 6.02. The van der Waals surface area contributed by atoms with Crippen molar-refractivity contribution in [2.45, 2.75) is 38.6 Å². The molecule has 13 nitrogen and oxygen atoms in total. The van der Waals surface area contributed by atoms with Crippen LogP contribution in [0.15, 0.2) is 29.4 Å². The summed E-state index contributed by atoms with van der Waals surface area (Å²) < 4.78 is 5.04. The van der Waals surface area contributed by atoms with Crippen molar-refractivity contribution >= 4 is 35.5 Å². The van der Waals surface area contributed by atoms with Gasteiger partial charge in [0, 0.05) is 50.5 Å². The van der Waals surface area contributed by atoms with E-state index in [1.165, 1.54) is 0 Å². The second kappa shape index (κ2) is 14.2. The fraction of sp³-hybridized carbons (Fsp3) is 0.560. The molecule has 0 saturated carbocycles. The van der Waals surface area contributed by atoms with E-state index in [4.69, 9.17) is 15.3 Å². The lowest BCUT2D eigenvalue weighted by Gasteiger charge is -2.30. The van der Waals surface area contributed by atoms with Crippen molar-refractivity contribution < 1.29 is 28.8 Å². The van der Waals surface area contributed by atoms with E-state index in [0.717, 1.165) is 25.9 Å². The van der Waals surface area contributed by atoms with Crippen LogP contribution in [0.4, 0.5) is 15.3 Å². The third-order valence-electron chi connectivity index (χ3n) is 6.34. The number of anilines is 1. The molecule has 1 aromatic carbocycles. The molecule has 0 unspecified atom stereocenters. The van der Waals surface area contributed by atoms with Crippen LogP contribution in [-0.2, 0) is 19.2 Å². The number of piperazine rings is 1. The number of carbonyl (C=O) groups excluding carboxylic acids is 4. The van der Waals surface area contributed by atoms with Crippen molar-refractivity contribution in [3.8, 4) is 0 Å². The van der Waals surface area contributed by atoms with Gasteiger partial charge in [0.15, 0.2) is 5.84 Å². The molecule has 2 aliphatic heterocycles. The van der Waals surface area contributed by atoms with Gasteiger partial charge in [-0.15, -0.1) is 0 Å². The summed E-state index contributed by atoms with van der Waals surface area (Å²) in [5.41, 5.74) is 7.15. The monoisotopic (exact) mass is 531 g/mol. The van der Waals surface area contributed by atoms with Gasteiger partial charge in [0.1, 0.15) is 6.04 Å². The first-order chi connectivity index (χ1) is 18.3. The first-order valence-corrected chi connectivity index (χ1v) is 12.9. The Labute approximate surface area is 222 Å². The second-order valence-electron chi connectivity index (χ2n) is 9.23. The van der Waals surface area contributed by atoms with Gasteiger partial charge in [-0.2, -0.15) is 0 Å². The molecule has 4 N–H and O–H groups in total. The molecular formula is C25H37N7O6. The Morgan fingerprint density at radius 2 is 1.82 bits per heavy atom. The number of amides is 4. The van der Waals surface area contributed by atoms with E-state index < -0.39 is 18.2 Å². The maximum atomic E-state index is 12.8. The molecule has 4 amide bonds. The molecule has 0 spiro atoms. The molecule has 0 aliphatic carbocycles. The molecule has 13 heteroatoms. The zero-order valence-corrected chi connectivity index (χ0v) is 22.0. The first-order valence-electron chi connectivity index (χ1n) is 12.9. The molecule has 2 fully saturated rings. The van der Waals surface area contributed by atoms with Crippen LogP contribution in [-0.4, -0.2) is 98.6 Å². The van der Waals surface area contributed by atoms with Gasteiger partial charge in [0.25, 0.3) is 0 Å². The number of hydrogen-bond donors (Lipinski definition) is 3. The van der Waals surface area contributed by atoms with Crippen LogP contribution in [0.1, 0.15) is 38.2 Å². The molecule has 2 saturated heterocycles. The third kappa shape index (κ3) is 8.33. The van der Waals surface area contributed by atoms with Crippen LogP contribution in [0.2, 0.25) is 0 Å². The average Bonchev–Trinajstić information content (AvgIpc) is 3.27. The van der Waals surface area contributed by atoms with Crippen LogP contribution in [0, 0.1) is 0 Å². The molecule has 208 valence electrons. The smallest absolute Gasteiger partial charge is 0.436 e. The molecule has 0 radical (unpaired) electrons. The van der Waals surface area contributed by atoms with E-state index in [0.29, 0.717) is 43.9 Å². The molecule has 0 aromatic heterocycles. The number of unbranched alkanes of at least 4 members (excludes halogenated alkanes) is 1. The maximum Gasteiger partial charge on any atom is 0.436 e. The van der Waals surface area contributed by atoms with Crippen LogP contribution >= 0.6 is 0 Å². The number of carbonyl (C=O) groups is 4. The highest BCUT2D eigenvalue weighted by Crippen LogP contribution is 2.22. The Bertz CT molecular complexity index is 1010. The fourth-order valence-corrected chi connectivity index (χ4v) is 3.96. The predicted molar refractivity (Wildman–Crippen MR) is 140 cm³/mol. The lowest BCUT2D eigenvalue weighted by atomic mass is 10.2. The number of benzene rings is 1. The van der Waals surface area contributed by atoms with Gasteiger partial charge in [-0.25, -0.2) is 9.59 Å². The molecular weight excluding hydrogens is 494 g/mol. The van der Waals surface area contributed by atoms with Gasteiger partial charge in [0.2, 0.25) is 5.91 Å². The lowest BCUT2D eigenvalue weighted by Crippen LogP contribution is -2.47. The Morgan fingerprint density at radius 1 is 1.11 bits per heavy atom. The van der Waals surface area contributed by atoms with E-state index in [-0.39, 0.29) is 30.7 Å². The number of esters is 1. The van der Waals surface area contributed by atoms with Crippen molar-refractivity contribution in [2.75, 3.05) is 57.8 Å². The number of likely N-dealkylation sites (N-methyl/N-ethyl adjacent to an activating group) is 1. The van der Waals surface area contributed by atoms with Gasteiger partial charge in [0.05, 0.1) is 13.0 Å². The largest absolute Gasteiger partial charge is 0.466 e. The lowest BCUT2D eigenvalue weighted by molar-refractivity contribution is -0.143. The molecule has 0 bridgehead atoms. The molecule has 1 aromatic rings. The van der Waals surface area contributed by atoms with E-state index >= 15 is 0 Å². The number of amidine groups is 1. The van der Waals surface area contributed by atoms with Crippen LogP contribution < -0.4 is 21.3 Å². The van der Waals surface area contributed by atoms with Crippen molar-refractivity contribution in [1.29, 1.82) is 0 Å². The Balaban J connectivity index is 1.43. The van der Waals surface area contributed by atoms with Gasteiger partial charge in [-0.05, 0) is 44.2 Å². The molecule has 38 heavy (non-hydrogen) atoms. The number of urea groups is 1. The van der Waals surface area contributed by atoms with E-state index in [2.05, 4.69) is 20.7 Å². The number of hydrogen-bond acceptors (Lipinski definition) is 8. The molecule has 2 heterocycles. The summed E-state index contributed by atoms with van der Waals surface area (Å²) in [4.78, 5) is 59.0. The van der Waals surface area contributed by atoms with Gasteiger partial charge < -0.3 is 35.8 Å².